The smallest absolute Gasteiger partial charge is 0.214 e. The number of rotatable bonds is 2. The Morgan fingerprint density at radius 1 is 1.19 bits per heavy atom. The molecule has 0 aliphatic heterocycles. The number of carbonyl (C=O) groups excluding carboxylic acids is 1. The Balaban J connectivity index is 2.42. The SMILES string of the molecule is O=C(c1ccncn1)c1ccc(F)cc1F. The Morgan fingerprint density at radius 2 is 2.00 bits per heavy atom. The van der Waals surface area contributed by atoms with Crippen LogP contribution in [0.25, 0.3) is 0 Å². The molecule has 0 bridgehead atoms. The summed E-state index contributed by atoms with van der Waals surface area (Å²) in [6, 6.07) is 4.15. The molecule has 16 heavy (non-hydrogen) atoms. The van der Waals surface area contributed by atoms with E-state index in [4.69, 9.17) is 0 Å². The number of aromatic nitrogens is 2. The van der Waals surface area contributed by atoms with Crippen molar-refractivity contribution in [2.75, 3.05) is 0 Å². The van der Waals surface area contributed by atoms with Crippen LogP contribution in [0.15, 0.2) is 36.8 Å². The van der Waals surface area contributed by atoms with Gasteiger partial charge in [0, 0.05) is 12.3 Å². The number of nitrogens with zero attached hydrogens (tertiary/aromatic N) is 2. The summed E-state index contributed by atoms with van der Waals surface area (Å²) < 4.78 is 25.9. The van der Waals surface area contributed by atoms with Crippen molar-refractivity contribution in [3.05, 3.63) is 59.7 Å². The van der Waals surface area contributed by atoms with Gasteiger partial charge in [0.2, 0.25) is 5.78 Å². The zero-order valence-corrected chi connectivity index (χ0v) is 8.02. The standard InChI is InChI=1S/C11H6F2N2O/c12-7-1-2-8(9(13)5-7)11(16)10-3-4-14-6-15-10/h1-6H. The average Bonchev–Trinajstić information content (AvgIpc) is 2.29. The minimum atomic E-state index is -0.899. The van der Waals surface area contributed by atoms with E-state index in [0.29, 0.717) is 6.07 Å². The van der Waals surface area contributed by atoms with E-state index in [1.54, 1.807) is 0 Å². The van der Waals surface area contributed by atoms with Gasteiger partial charge in [0.1, 0.15) is 23.7 Å². The summed E-state index contributed by atoms with van der Waals surface area (Å²) in [4.78, 5) is 19.1. The molecule has 0 atom stereocenters. The van der Waals surface area contributed by atoms with Crippen LogP contribution in [0.5, 0.6) is 0 Å². The molecule has 0 fully saturated rings. The second-order valence-corrected chi connectivity index (χ2v) is 3.05. The van der Waals surface area contributed by atoms with Crippen molar-refractivity contribution in [1.82, 2.24) is 9.97 Å². The predicted molar refractivity (Wildman–Crippen MR) is 51.8 cm³/mol. The first-order valence-corrected chi connectivity index (χ1v) is 4.44. The Labute approximate surface area is 89.8 Å². The summed E-state index contributed by atoms with van der Waals surface area (Å²) in [5.74, 6) is -2.22. The van der Waals surface area contributed by atoms with Crippen LogP contribution in [0.4, 0.5) is 8.78 Å². The molecule has 5 heteroatoms. The van der Waals surface area contributed by atoms with Gasteiger partial charge in [0.05, 0.1) is 5.56 Å². The lowest BCUT2D eigenvalue weighted by Gasteiger charge is -2.01. The van der Waals surface area contributed by atoms with Gasteiger partial charge in [-0.25, -0.2) is 18.7 Å². The summed E-state index contributed by atoms with van der Waals surface area (Å²) in [5.41, 5.74) is -0.138. The quantitative estimate of drug-likeness (QED) is 0.727. The first-order chi connectivity index (χ1) is 7.68. The highest BCUT2D eigenvalue weighted by Gasteiger charge is 2.15. The molecule has 0 aliphatic carbocycles. The van der Waals surface area contributed by atoms with Gasteiger partial charge in [-0.3, -0.25) is 4.79 Å². The molecule has 0 aliphatic rings. The van der Waals surface area contributed by atoms with E-state index in [2.05, 4.69) is 9.97 Å². The van der Waals surface area contributed by atoms with E-state index < -0.39 is 17.4 Å². The summed E-state index contributed by atoms with van der Waals surface area (Å²) in [5, 5.41) is 0. The third kappa shape index (κ3) is 1.93. The third-order valence-electron chi connectivity index (χ3n) is 1.99. The van der Waals surface area contributed by atoms with E-state index in [9.17, 15) is 13.6 Å². The molecule has 1 heterocycles. The lowest BCUT2D eigenvalue weighted by Crippen LogP contribution is -2.06. The molecule has 0 saturated heterocycles. The minimum Gasteiger partial charge on any atom is -0.287 e. The first kappa shape index (κ1) is 10.4. The molecule has 0 amide bonds. The zero-order valence-electron chi connectivity index (χ0n) is 8.02. The van der Waals surface area contributed by atoms with Gasteiger partial charge in [-0.1, -0.05) is 0 Å². The maximum absolute atomic E-state index is 13.3. The summed E-state index contributed by atoms with van der Waals surface area (Å²) >= 11 is 0. The Morgan fingerprint density at radius 3 is 2.62 bits per heavy atom. The molecule has 0 saturated carbocycles. The van der Waals surface area contributed by atoms with Crippen molar-refractivity contribution >= 4 is 5.78 Å². The van der Waals surface area contributed by atoms with Gasteiger partial charge < -0.3 is 0 Å². The fraction of sp³-hybridized carbons (Fsp3) is 0. The zero-order chi connectivity index (χ0) is 11.5. The van der Waals surface area contributed by atoms with Crippen LogP contribution in [-0.4, -0.2) is 15.8 Å². The van der Waals surface area contributed by atoms with E-state index >= 15 is 0 Å². The molecule has 0 spiro atoms. The molecule has 0 radical (unpaired) electrons. The van der Waals surface area contributed by atoms with Gasteiger partial charge in [-0.15, -0.1) is 0 Å². The molecule has 1 aromatic heterocycles. The maximum Gasteiger partial charge on any atom is 0.214 e. The Bertz CT molecular complexity index is 529. The summed E-state index contributed by atoms with van der Waals surface area (Å²) in [7, 11) is 0. The normalized spacial score (nSPS) is 10.1. The van der Waals surface area contributed by atoms with Gasteiger partial charge >= 0.3 is 0 Å². The highest BCUT2D eigenvalue weighted by molar-refractivity contribution is 6.07. The average molecular weight is 220 g/mol. The number of halogens is 2. The molecule has 2 aromatic rings. The third-order valence-corrected chi connectivity index (χ3v) is 1.99. The fourth-order valence-corrected chi connectivity index (χ4v) is 1.24. The fourth-order valence-electron chi connectivity index (χ4n) is 1.24. The van der Waals surface area contributed by atoms with Crippen LogP contribution in [0, 0.1) is 11.6 Å². The van der Waals surface area contributed by atoms with Crippen LogP contribution in [0.1, 0.15) is 16.1 Å². The van der Waals surface area contributed by atoms with Gasteiger partial charge in [-0.2, -0.15) is 0 Å². The number of hydrogen-bond acceptors (Lipinski definition) is 3. The van der Waals surface area contributed by atoms with Gasteiger partial charge in [-0.05, 0) is 18.2 Å². The summed E-state index contributed by atoms with van der Waals surface area (Å²) in [6.45, 7) is 0. The van der Waals surface area contributed by atoms with E-state index in [-0.39, 0.29) is 11.3 Å². The van der Waals surface area contributed by atoms with Crippen LogP contribution in [0.3, 0.4) is 0 Å². The molecule has 80 valence electrons. The van der Waals surface area contributed by atoms with Crippen molar-refractivity contribution in [1.29, 1.82) is 0 Å². The number of benzene rings is 1. The van der Waals surface area contributed by atoms with E-state index in [1.165, 1.54) is 18.6 Å². The summed E-state index contributed by atoms with van der Waals surface area (Å²) in [6.07, 6.45) is 2.57. The van der Waals surface area contributed by atoms with Crippen LogP contribution >= 0.6 is 0 Å². The van der Waals surface area contributed by atoms with Crippen LogP contribution in [0.2, 0.25) is 0 Å². The molecule has 3 nitrogen and oxygen atoms in total. The lowest BCUT2D eigenvalue weighted by molar-refractivity contribution is 0.103. The van der Waals surface area contributed by atoms with Gasteiger partial charge in [0.25, 0.3) is 0 Å². The molecule has 2 rings (SSSR count). The highest BCUT2D eigenvalue weighted by Crippen LogP contribution is 2.13. The second-order valence-electron chi connectivity index (χ2n) is 3.05. The maximum atomic E-state index is 13.3. The van der Waals surface area contributed by atoms with E-state index in [1.807, 2.05) is 0 Å². The Hall–Kier alpha value is -2.17. The minimum absolute atomic E-state index is 0.0699. The van der Waals surface area contributed by atoms with Crippen molar-refractivity contribution in [3.8, 4) is 0 Å². The highest BCUT2D eigenvalue weighted by atomic mass is 19.1. The molecule has 1 aromatic carbocycles. The topological polar surface area (TPSA) is 42.9 Å². The van der Waals surface area contributed by atoms with Crippen molar-refractivity contribution in [3.63, 3.8) is 0 Å². The van der Waals surface area contributed by atoms with Crippen LogP contribution in [-0.2, 0) is 0 Å². The largest absolute Gasteiger partial charge is 0.287 e. The van der Waals surface area contributed by atoms with Crippen molar-refractivity contribution in [2.45, 2.75) is 0 Å². The predicted octanol–water partition coefficient (Wildman–Crippen LogP) is 1.99. The molecule has 0 N–H and O–H groups in total. The monoisotopic (exact) mass is 220 g/mol. The molecule has 0 unspecified atom stereocenters. The lowest BCUT2D eigenvalue weighted by atomic mass is 10.1. The van der Waals surface area contributed by atoms with Crippen molar-refractivity contribution < 1.29 is 13.6 Å². The Kier molecular flexibility index (Phi) is 2.68. The number of carbonyl (C=O) groups is 1. The second kappa shape index (κ2) is 4.14. The number of hydrogen-bond donors (Lipinski definition) is 0. The first-order valence-electron chi connectivity index (χ1n) is 4.44. The number of ketones is 1. The van der Waals surface area contributed by atoms with Crippen molar-refractivity contribution in [2.24, 2.45) is 0 Å². The van der Waals surface area contributed by atoms with Gasteiger partial charge in [0.15, 0.2) is 0 Å². The van der Waals surface area contributed by atoms with E-state index in [0.717, 1.165) is 12.1 Å². The van der Waals surface area contributed by atoms with Crippen LogP contribution < -0.4 is 0 Å². The molecular formula is C11H6F2N2O. The molecular weight excluding hydrogens is 214 g/mol.